The standard InChI is InChI=1S/C12H12BrNO/c1-7-4-9-8(2)11(6-15)14(3)12(9)10(13)5-7/h4-6H,1-3H3. The van der Waals surface area contributed by atoms with Crippen molar-refractivity contribution >= 4 is 33.1 Å². The Balaban J connectivity index is 3.01. The molecule has 0 amide bonds. The summed E-state index contributed by atoms with van der Waals surface area (Å²) in [5.41, 5.74) is 4.07. The number of aryl methyl sites for hydroxylation is 3. The SMILES string of the molecule is Cc1cc(Br)c2c(c1)c(C)c(C=O)n2C. The molecule has 0 aliphatic rings. The van der Waals surface area contributed by atoms with Crippen LogP contribution in [0.4, 0.5) is 0 Å². The molecule has 0 unspecified atom stereocenters. The molecule has 0 N–H and O–H groups in total. The number of hydrogen-bond donors (Lipinski definition) is 0. The van der Waals surface area contributed by atoms with Crippen molar-refractivity contribution in [2.75, 3.05) is 0 Å². The van der Waals surface area contributed by atoms with E-state index in [0.29, 0.717) is 0 Å². The molecule has 0 spiro atoms. The molecule has 78 valence electrons. The zero-order valence-electron chi connectivity index (χ0n) is 8.97. The van der Waals surface area contributed by atoms with Crippen molar-refractivity contribution in [3.8, 4) is 0 Å². The van der Waals surface area contributed by atoms with Crippen LogP contribution in [-0.4, -0.2) is 10.9 Å². The van der Waals surface area contributed by atoms with E-state index in [0.717, 1.165) is 32.9 Å². The third-order valence-corrected chi connectivity index (χ3v) is 3.41. The minimum absolute atomic E-state index is 0.747. The van der Waals surface area contributed by atoms with E-state index in [1.165, 1.54) is 5.56 Å². The van der Waals surface area contributed by atoms with E-state index in [9.17, 15) is 4.79 Å². The van der Waals surface area contributed by atoms with Crippen molar-refractivity contribution in [1.82, 2.24) is 4.57 Å². The third-order valence-electron chi connectivity index (χ3n) is 2.80. The van der Waals surface area contributed by atoms with Crippen molar-refractivity contribution in [3.05, 3.63) is 33.4 Å². The third kappa shape index (κ3) is 1.42. The lowest BCUT2D eigenvalue weighted by Gasteiger charge is -2.01. The van der Waals surface area contributed by atoms with Crippen LogP contribution in [0.2, 0.25) is 0 Å². The molecule has 0 fully saturated rings. The molecule has 1 heterocycles. The van der Waals surface area contributed by atoms with Crippen LogP contribution in [0.25, 0.3) is 10.9 Å². The summed E-state index contributed by atoms with van der Waals surface area (Å²) in [6.45, 7) is 4.04. The molecule has 3 heteroatoms. The maximum Gasteiger partial charge on any atom is 0.166 e. The number of rotatable bonds is 1. The van der Waals surface area contributed by atoms with Gasteiger partial charge in [0.05, 0.1) is 11.2 Å². The predicted molar refractivity (Wildman–Crippen MR) is 65.5 cm³/mol. The Morgan fingerprint density at radius 1 is 1.33 bits per heavy atom. The summed E-state index contributed by atoms with van der Waals surface area (Å²) in [5, 5.41) is 1.14. The number of aldehydes is 1. The molecule has 1 aromatic heterocycles. The number of fused-ring (bicyclic) bond motifs is 1. The number of nitrogens with zero attached hydrogens (tertiary/aromatic N) is 1. The summed E-state index contributed by atoms with van der Waals surface area (Å²) in [7, 11) is 1.92. The normalized spacial score (nSPS) is 10.9. The van der Waals surface area contributed by atoms with Crippen LogP contribution in [0.1, 0.15) is 21.6 Å². The highest BCUT2D eigenvalue weighted by Crippen LogP contribution is 2.31. The van der Waals surface area contributed by atoms with E-state index in [2.05, 4.69) is 35.0 Å². The van der Waals surface area contributed by atoms with Gasteiger partial charge in [-0.25, -0.2) is 0 Å². The Labute approximate surface area is 97.0 Å². The Morgan fingerprint density at radius 3 is 2.60 bits per heavy atom. The fourth-order valence-corrected chi connectivity index (χ4v) is 2.88. The minimum atomic E-state index is 0.747. The summed E-state index contributed by atoms with van der Waals surface area (Å²) in [4.78, 5) is 11.0. The van der Waals surface area contributed by atoms with Crippen LogP contribution in [0.5, 0.6) is 0 Å². The van der Waals surface area contributed by atoms with E-state index < -0.39 is 0 Å². The molecule has 0 saturated carbocycles. The predicted octanol–water partition coefficient (Wildman–Crippen LogP) is 3.37. The molecule has 0 aliphatic carbocycles. The van der Waals surface area contributed by atoms with E-state index in [1.54, 1.807) is 0 Å². The van der Waals surface area contributed by atoms with Gasteiger partial charge in [0, 0.05) is 16.9 Å². The lowest BCUT2D eigenvalue weighted by atomic mass is 10.1. The highest BCUT2D eigenvalue weighted by atomic mass is 79.9. The van der Waals surface area contributed by atoms with Gasteiger partial charge in [0.15, 0.2) is 6.29 Å². The molecule has 0 saturated heterocycles. The number of benzene rings is 1. The van der Waals surface area contributed by atoms with Gasteiger partial charge in [0.1, 0.15) is 0 Å². The van der Waals surface area contributed by atoms with Crippen molar-refractivity contribution in [2.24, 2.45) is 7.05 Å². The molecular weight excluding hydrogens is 254 g/mol. The average molecular weight is 266 g/mol. The zero-order valence-corrected chi connectivity index (χ0v) is 10.6. The van der Waals surface area contributed by atoms with Crippen molar-refractivity contribution in [2.45, 2.75) is 13.8 Å². The summed E-state index contributed by atoms with van der Waals surface area (Å²) in [6.07, 6.45) is 0.914. The summed E-state index contributed by atoms with van der Waals surface area (Å²) < 4.78 is 2.97. The van der Waals surface area contributed by atoms with Gasteiger partial charge in [0.2, 0.25) is 0 Å². The van der Waals surface area contributed by atoms with Crippen LogP contribution in [0, 0.1) is 13.8 Å². The Bertz CT molecular complexity index is 554. The second kappa shape index (κ2) is 3.49. The van der Waals surface area contributed by atoms with Crippen LogP contribution in [-0.2, 0) is 7.05 Å². The lowest BCUT2D eigenvalue weighted by Crippen LogP contribution is -1.95. The van der Waals surface area contributed by atoms with Crippen LogP contribution < -0.4 is 0 Å². The Hall–Kier alpha value is -1.09. The van der Waals surface area contributed by atoms with Gasteiger partial charge in [-0.1, -0.05) is 0 Å². The Kier molecular flexibility index (Phi) is 2.43. The van der Waals surface area contributed by atoms with Crippen molar-refractivity contribution < 1.29 is 4.79 Å². The highest BCUT2D eigenvalue weighted by molar-refractivity contribution is 9.10. The molecule has 2 rings (SSSR count). The lowest BCUT2D eigenvalue weighted by molar-refractivity contribution is 0.111. The first-order valence-electron chi connectivity index (χ1n) is 4.76. The highest BCUT2D eigenvalue weighted by Gasteiger charge is 2.13. The van der Waals surface area contributed by atoms with Gasteiger partial charge in [0.25, 0.3) is 0 Å². The van der Waals surface area contributed by atoms with Crippen molar-refractivity contribution in [3.63, 3.8) is 0 Å². The van der Waals surface area contributed by atoms with Gasteiger partial charge in [-0.3, -0.25) is 4.79 Å². The maximum atomic E-state index is 11.0. The smallest absolute Gasteiger partial charge is 0.166 e. The molecule has 0 radical (unpaired) electrons. The largest absolute Gasteiger partial charge is 0.340 e. The number of carbonyl (C=O) groups excluding carboxylic acids is 1. The number of halogens is 1. The average Bonchev–Trinajstić information content (AvgIpc) is 2.39. The first-order chi connectivity index (χ1) is 7.06. The fourth-order valence-electron chi connectivity index (χ4n) is 2.04. The van der Waals surface area contributed by atoms with E-state index >= 15 is 0 Å². The molecule has 0 aliphatic heterocycles. The molecule has 2 aromatic rings. The molecule has 0 bridgehead atoms. The topological polar surface area (TPSA) is 22.0 Å². The van der Waals surface area contributed by atoms with Crippen LogP contribution in [0.3, 0.4) is 0 Å². The molecule has 2 nitrogen and oxygen atoms in total. The van der Waals surface area contributed by atoms with Gasteiger partial charge in [-0.2, -0.15) is 0 Å². The maximum absolute atomic E-state index is 11.0. The monoisotopic (exact) mass is 265 g/mol. The van der Waals surface area contributed by atoms with Crippen LogP contribution >= 0.6 is 15.9 Å². The molecule has 15 heavy (non-hydrogen) atoms. The quantitative estimate of drug-likeness (QED) is 0.725. The van der Waals surface area contributed by atoms with E-state index in [-0.39, 0.29) is 0 Å². The number of hydrogen-bond acceptors (Lipinski definition) is 1. The van der Waals surface area contributed by atoms with Gasteiger partial charge in [-0.15, -0.1) is 0 Å². The van der Waals surface area contributed by atoms with Gasteiger partial charge in [-0.05, 0) is 53.0 Å². The summed E-state index contributed by atoms with van der Waals surface area (Å²) in [5.74, 6) is 0. The first-order valence-corrected chi connectivity index (χ1v) is 5.56. The second-order valence-corrected chi connectivity index (χ2v) is 4.68. The summed E-state index contributed by atoms with van der Waals surface area (Å²) in [6, 6.07) is 4.18. The summed E-state index contributed by atoms with van der Waals surface area (Å²) >= 11 is 3.54. The first kappa shape index (κ1) is 10.4. The minimum Gasteiger partial charge on any atom is -0.340 e. The van der Waals surface area contributed by atoms with Gasteiger partial charge >= 0.3 is 0 Å². The van der Waals surface area contributed by atoms with Crippen molar-refractivity contribution in [1.29, 1.82) is 0 Å². The Morgan fingerprint density at radius 2 is 2.00 bits per heavy atom. The van der Waals surface area contributed by atoms with E-state index in [4.69, 9.17) is 0 Å². The zero-order chi connectivity index (χ0) is 11.2. The number of aromatic nitrogens is 1. The van der Waals surface area contributed by atoms with E-state index in [1.807, 2.05) is 18.5 Å². The molecular formula is C12H12BrNO. The molecule has 0 atom stereocenters. The number of carbonyl (C=O) groups is 1. The van der Waals surface area contributed by atoms with Gasteiger partial charge < -0.3 is 4.57 Å². The second-order valence-electron chi connectivity index (χ2n) is 3.83. The fraction of sp³-hybridized carbons (Fsp3) is 0.250. The molecule has 1 aromatic carbocycles. The van der Waals surface area contributed by atoms with Crippen LogP contribution in [0.15, 0.2) is 16.6 Å².